The van der Waals surface area contributed by atoms with Crippen LogP contribution in [0.3, 0.4) is 0 Å². The third-order valence-corrected chi connectivity index (χ3v) is 5.03. The van der Waals surface area contributed by atoms with Gasteiger partial charge < -0.3 is 4.74 Å². The number of carbonyl (C=O) groups excluding carboxylic acids is 1. The average molecular weight is 503 g/mol. The van der Waals surface area contributed by atoms with Crippen LogP contribution >= 0.6 is 27.5 Å². The van der Waals surface area contributed by atoms with E-state index in [0.717, 1.165) is 10.0 Å². The lowest BCUT2D eigenvalue weighted by Gasteiger charge is -2.10. The van der Waals surface area contributed by atoms with Crippen molar-refractivity contribution in [2.45, 2.75) is 13.5 Å². The van der Waals surface area contributed by atoms with E-state index < -0.39 is 10.8 Å². The van der Waals surface area contributed by atoms with E-state index >= 15 is 0 Å². The van der Waals surface area contributed by atoms with E-state index in [0.29, 0.717) is 27.5 Å². The molecule has 0 heterocycles. The van der Waals surface area contributed by atoms with Gasteiger partial charge in [0.25, 0.3) is 11.6 Å². The number of hydrogen-bond donors (Lipinski definition) is 1. The Morgan fingerprint density at radius 3 is 2.77 bits per heavy atom. The molecule has 0 aliphatic heterocycles. The second-order valence-electron chi connectivity index (χ2n) is 6.58. The van der Waals surface area contributed by atoms with E-state index in [2.05, 4.69) is 26.5 Å². The van der Waals surface area contributed by atoms with Crippen LogP contribution in [0.5, 0.6) is 5.75 Å². The smallest absolute Gasteiger partial charge is 0.272 e. The molecule has 0 aromatic heterocycles. The molecule has 1 N–H and O–H groups in total. The molecule has 3 aromatic rings. The molecule has 3 aromatic carbocycles. The zero-order valence-corrected chi connectivity index (χ0v) is 18.7. The van der Waals surface area contributed by atoms with Gasteiger partial charge in [-0.15, -0.1) is 0 Å². The van der Waals surface area contributed by atoms with Crippen molar-refractivity contribution in [2.75, 3.05) is 0 Å². The summed E-state index contributed by atoms with van der Waals surface area (Å²) in [5, 5.41) is 15.3. The summed E-state index contributed by atoms with van der Waals surface area (Å²) in [6, 6.07) is 16.7. The first-order valence-corrected chi connectivity index (χ1v) is 10.3. The summed E-state index contributed by atoms with van der Waals surface area (Å²) in [7, 11) is 0. The Balaban J connectivity index is 1.71. The fraction of sp³-hybridized carbons (Fsp3) is 0.0909. The van der Waals surface area contributed by atoms with Crippen molar-refractivity contribution < 1.29 is 14.5 Å². The maximum atomic E-state index is 12.3. The van der Waals surface area contributed by atoms with Gasteiger partial charge >= 0.3 is 0 Å². The highest BCUT2D eigenvalue weighted by molar-refractivity contribution is 9.10. The van der Waals surface area contributed by atoms with Gasteiger partial charge in [0.15, 0.2) is 0 Å². The van der Waals surface area contributed by atoms with Gasteiger partial charge in [-0.3, -0.25) is 14.9 Å². The zero-order chi connectivity index (χ0) is 22.4. The van der Waals surface area contributed by atoms with Crippen LogP contribution in [0.25, 0.3) is 0 Å². The number of carbonyl (C=O) groups is 1. The largest absolute Gasteiger partial charge is 0.488 e. The van der Waals surface area contributed by atoms with Gasteiger partial charge in [0, 0.05) is 22.2 Å². The van der Waals surface area contributed by atoms with Gasteiger partial charge in [-0.25, -0.2) is 5.43 Å². The van der Waals surface area contributed by atoms with Crippen LogP contribution in [0.1, 0.15) is 27.0 Å². The average Bonchev–Trinajstić information content (AvgIpc) is 2.73. The number of nitro groups is 1. The monoisotopic (exact) mass is 501 g/mol. The standard InChI is InChI=1S/C22H17BrClN3O4/c1-14-5-7-19(20(24)9-14)22(28)26-25-12-16-11-17(23)6-8-21(16)31-13-15-3-2-4-18(10-15)27(29)30/h2-12H,13H2,1H3,(H,26,28)/b25-12-. The molecule has 0 unspecified atom stereocenters. The summed E-state index contributed by atoms with van der Waals surface area (Å²) in [6.45, 7) is 2.02. The Labute approximate surface area is 192 Å². The third-order valence-electron chi connectivity index (χ3n) is 4.23. The molecule has 0 atom stereocenters. The number of benzene rings is 3. The number of rotatable bonds is 7. The second-order valence-corrected chi connectivity index (χ2v) is 7.90. The fourth-order valence-electron chi connectivity index (χ4n) is 2.70. The van der Waals surface area contributed by atoms with E-state index in [4.69, 9.17) is 16.3 Å². The summed E-state index contributed by atoms with van der Waals surface area (Å²) >= 11 is 9.51. The SMILES string of the molecule is Cc1ccc(C(=O)N/N=C\c2cc(Br)ccc2OCc2cccc([N+](=O)[O-])c2)c(Cl)c1. The lowest BCUT2D eigenvalue weighted by Crippen LogP contribution is -2.18. The molecule has 0 saturated heterocycles. The topological polar surface area (TPSA) is 93.8 Å². The Bertz CT molecular complexity index is 1170. The van der Waals surface area contributed by atoms with Gasteiger partial charge in [0.05, 0.1) is 21.7 Å². The maximum absolute atomic E-state index is 12.3. The Morgan fingerprint density at radius 2 is 2.03 bits per heavy atom. The van der Waals surface area contributed by atoms with E-state index in [-0.39, 0.29) is 12.3 Å². The summed E-state index contributed by atoms with van der Waals surface area (Å²) in [5.74, 6) is 0.0661. The number of ether oxygens (including phenoxy) is 1. The minimum Gasteiger partial charge on any atom is -0.488 e. The number of nitro benzene ring substituents is 1. The number of amides is 1. The Kier molecular flexibility index (Phi) is 7.38. The number of nitrogens with zero attached hydrogens (tertiary/aromatic N) is 2. The quantitative estimate of drug-likeness (QED) is 0.256. The molecule has 0 spiro atoms. The molecular formula is C22H17BrClN3O4. The van der Waals surface area contributed by atoms with E-state index in [1.807, 2.05) is 6.92 Å². The first-order valence-electron chi connectivity index (χ1n) is 9.09. The Hall–Kier alpha value is -3.23. The van der Waals surface area contributed by atoms with Crippen LogP contribution in [0.2, 0.25) is 5.02 Å². The van der Waals surface area contributed by atoms with E-state index in [1.54, 1.807) is 48.5 Å². The summed E-state index contributed by atoms with van der Waals surface area (Å²) in [4.78, 5) is 22.8. The minimum atomic E-state index is -0.454. The highest BCUT2D eigenvalue weighted by Gasteiger charge is 2.10. The van der Waals surface area contributed by atoms with E-state index in [9.17, 15) is 14.9 Å². The number of hydrazone groups is 1. The number of non-ortho nitro benzene ring substituents is 1. The van der Waals surface area contributed by atoms with E-state index in [1.165, 1.54) is 18.3 Å². The van der Waals surface area contributed by atoms with Crippen LogP contribution in [-0.2, 0) is 6.61 Å². The molecule has 3 rings (SSSR count). The molecule has 31 heavy (non-hydrogen) atoms. The van der Waals surface area contributed by atoms with Crippen molar-refractivity contribution in [3.8, 4) is 5.75 Å². The second kappa shape index (κ2) is 10.2. The maximum Gasteiger partial charge on any atom is 0.272 e. The highest BCUT2D eigenvalue weighted by Crippen LogP contribution is 2.24. The predicted molar refractivity (Wildman–Crippen MR) is 123 cm³/mol. The lowest BCUT2D eigenvalue weighted by molar-refractivity contribution is -0.384. The zero-order valence-electron chi connectivity index (χ0n) is 16.3. The summed E-state index contributed by atoms with van der Waals surface area (Å²) in [6.07, 6.45) is 1.45. The number of aryl methyl sites for hydroxylation is 1. The first kappa shape index (κ1) is 22.5. The summed E-state index contributed by atoms with van der Waals surface area (Å²) in [5.41, 5.74) is 4.98. The van der Waals surface area contributed by atoms with Crippen LogP contribution in [0.4, 0.5) is 5.69 Å². The van der Waals surface area contributed by atoms with Gasteiger partial charge in [-0.2, -0.15) is 5.10 Å². The van der Waals surface area contributed by atoms with Gasteiger partial charge in [-0.05, 0) is 48.4 Å². The lowest BCUT2D eigenvalue weighted by atomic mass is 10.1. The predicted octanol–water partition coefficient (Wildman–Crippen LogP) is 5.66. The van der Waals surface area contributed by atoms with Crippen molar-refractivity contribution in [1.29, 1.82) is 0 Å². The van der Waals surface area contributed by atoms with Crippen LogP contribution < -0.4 is 10.2 Å². The normalized spacial score (nSPS) is 10.8. The van der Waals surface area contributed by atoms with Gasteiger partial charge in [-0.1, -0.05) is 45.7 Å². The van der Waals surface area contributed by atoms with Crippen molar-refractivity contribution >= 4 is 45.3 Å². The van der Waals surface area contributed by atoms with Gasteiger partial charge in [0.2, 0.25) is 0 Å². The number of nitrogens with one attached hydrogen (secondary N) is 1. The molecule has 1 amide bonds. The van der Waals surface area contributed by atoms with Gasteiger partial charge in [0.1, 0.15) is 12.4 Å². The molecular weight excluding hydrogens is 486 g/mol. The fourth-order valence-corrected chi connectivity index (χ4v) is 3.40. The van der Waals surface area contributed by atoms with Crippen molar-refractivity contribution in [1.82, 2.24) is 5.43 Å². The first-order chi connectivity index (χ1) is 14.8. The van der Waals surface area contributed by atoms with Crippen LogP contribution in [0, 0.1) is 17.0 Å². The van der Waals surface area contributed by atoms with Crippen molar-refractivity contribution in [3.63, 3.8) is 0 Å². The third kappa shape index (κ3) is 6.13. The number of hydrogen-bond acceptors (Lipinski definition) is 5. The highest BCUT2D eigenvalue weighted by atomic mass is 79.9. The molecule has 158 valence electrons. The number of halogens is 2. The molecule has 0 bridgehead atoms. The molecule has 0 aliphatic carbocycles. The molecule has 0 fully saturated rings. The molecule has 9 heteroatoms. The van der Waals surface area contributed by atoms with Crippen LogP contribution in [0.15, 0.2) is 70.2 Å². The van der Waals surface area contributed by atoms with Crippen LogP contribution in [-0.4, -0.2) is 17.0 Å². The molecule has 0 radical (unpaired) electrons. The van der Waals surface area contributed by atoms with Crippen molar-refractivity contribution in [3.05, 3.63) is 103 Å². The Morgan fingerprint density at radius 1 is 1.23 bits per heavy atom. The minimum absolute atomic E-state index is 0.00355. The van der Waals surface area contributed by atoms with Crippen molar-refractivity contribution in [2.24, 2.45) is 5.10 Å². The molecule has 0 saturated carbocycles. The summed E-state index contributed by atoms with van der Waals surface area (Å²) < 4.78 is 6.61. The molecule has 7 nitrogen and oxygen atoms in total. The molecule has 0 aliphatic rings.